The summed E-state index contributed by atoms with van der Waals surface area (Å²) >= 11 is 0. The third-order valence-electron chi connectivity index (χ3n) is 7.62. The Morgan fingerprint density at radius 3 is 2.59 bits per heavy atom. The molecule has 4 heterocycles. The molecular weight excluding hydrogens is 364 g/mol. The van der Waals surface area contributed by atoms with Gasteiger partial charge in [-0.2, -0.15) is 0 Å². The van der Waals surface area contributed by atoms with Crippen LogP contribution < -0.4 is 0 Å². The Hall–Kier alpha value is -2.14. The summed E-state index contributed by atoms with van der Waals surface area (Å²) in [7, 11) is 0. The predicted molar refractivity (Wildman–Crippen MR) is 110 cm³/mol. The number of fused-ring (bicyclic) bond motifs is 1. The van der Waals surface area contributed by atoms with Crippen LogP contribution in [0.2, 0.25) is 0 Å². The predicted octanol–water partition coefficient (Wildman–Crippen LogP) is 2.98. The number of hydrogen-bond acceptors (Lipinski definition) is 3. The summed E-state index contributed by atoms with van der Waals surface area (Å²) in [6.07, 6.45) is 5.85. The van der Waals surface area contributed by atoms with Gasteiger partial charge in [-0.25, -0.2) is 0 Å². The molecular formula is C24H30N2O3. The normalized spacial score (nSPS) is 37.7. The molecule has 0 N–H and O–H groups in total. The minimum atomic E-state index is -0.631. The second kappa shape index (κ2) is 6.43. The number of aryl methyl sites for hydroxylation is 2. The molecule has 2 amide bonds. The molecule has 0 unspecified atom stereocenters. The molecule has 5 rings (SSSR count). The van der Waals surface area contributed by atoms with Crippen LogP contribution >= 0.6 is 0 Å². The third-order valence-corrected chi connectivity index (χ3v) is 7.62. The Kier molecular flexibility index (Phi) is 4.18. The largest absolute Gasteiger partial charge is 0.360 e. The number of likely N-dealkylation sites (tertiary alicyclic amines) is 2. The first kappa shape index (κ1) is 18.9. The van der Waals surface area contributed by atoms with E-state index >= 15 is 0 Å². The lowest BCUT2D eigenvalue weighted by Gasteiger charge is -2.32. The minimum Gasteiger partial charge on any atom is -0.360 e. The summed E-state index contributed by atoms with van der Waals surface area (Å²) in [5.41, 5.74) is 2.98. The van der Waals surface area contributed by atoms with Crippen molar-refractivity contribution in [3.8, 4) is 0 Å². The van der Waals surface area contributed by atoms with E-state index < -0.39 is 11.5 Å². The fraction of sp³-hybridized carbons (Fsp3) is 0.583. The van der Waals surface area contributed by atoms with Crippen molar-refractivity contribution in [1.29, 1.82) is 0 Å². The molecule has 0 saturated carbocycles. The van der Waals surface area contributed by atoms with Crippen LogP contribution in [-0.2, 0) is 20.9 Å². The van der Waals surface area contributed by atoms with E-state index in [2.05, 4.69) is 45.9 Å². The van der Waals surface area contributed by atoms with Gasteiger partial charge in [0.1, 0.15) is 5.60 Å². The van der Waals surface area contributed by atoms with Crippen LogP contribution in [0.3, 0.4) is 0 Å². The molecule has 0 radical (unpaired) electrons. The Balaban J connectivity index is 1.41. The minimum absolute atomic E-state index is 0.0629. The van der Waals surface area contributed by atoms with Crippen LogP contribution in [-0.4, -0.2) is 51.9 Å². The quantitative estimate of drug-likeness (QED) is 0.741. The highest BCUT2D eigenvalue weighted by Gasteiger charge is 2.67. The lowest BCUT2D eigenvalue weighted by molar-refractivity contribution is -0.145. The molecule has 4 aliphatic rings. The van der Waals surface area contributed by atoms with Crippen LogP contribution in [0.4, 0.5) is 0 Å². The van der Waals surface area contributed by atoms with E-state index in [-0.39, 0.29) is 35.9 Å². The number of rotatable bonds is 3. The van der Waals surface area contributed by atoms with Crippen LogP contribution in [0.25, 0.3) is 0 Å². The number of ether oxygens (including phenoxy) is 1. The van der Waals surface area contributed by atoms with E-state index in [1.807, 2.05) is 22.0 Å². The highest BCUT2D eigenvalue weighted by Crippen LogP contribution is 2.53. The van der Waals surface area contributed by atoms with E-state index in [1.54, 1.807) is 0 Å². The summed E-state index contributed by atoms with van der Waals surface area (Å²) in [6.45, 7) is 9.52. The zero-order valence-corrected chi connectivity index (χ0v) is 17.7. The van der Waals surface area contributed by atoms with Gasteiger partial charge < -0.3 is 14.5 Å². The Bertz CT molecular complexity index is 899. The molecule has 5 nitrogen and oxygen atoms in total. The molecule has 154 valence electrons. The van der Waals surface area contributed by atoms with Gasteiger partial charge in [-0.1, -0.05) is 30.4 Å². The van der Waals surface area contributed by atoms with Gasteiger partial charge >= 0.3 is 0 Å². The number of hydrogen-bond donors (Lipinski definition) is 0. The van der Waals surface area contributed by atoms with Gasteiger partial charge in [-0.15, -0.1) is 0 Å². The number of amides is 2. The second-order valence-electron chi connectivity index (χ2n) is 9.53. The SMILES string of the molecule is Cc1ccc(CN2C[C@]34C=C[C@H](O3)[C@@H](C(=O)N3[C@H](C)CC[C@@H]3C)[C@H]4C2=O)cc1C. The number of carbonyl (C=O) groups excluding carboxylic acids is 2. The van der Waals surface area contributed by atoms with Gasteiger partial charge in [-0.05, 0) is 57.2 Å². The van der Waals surface area contributed by atoms with E-state index in [4.69, 9.17) is 4.74 Å². The van der Waals surface area contributed by atoms with Crippen molar-refractivity contribution >= 4 is 11.8 Å². The fourth-order valence-corrected chi connectivity index (χ4v) is 5.92. The maximum absolute atomic E-state index is 13.5. The van der Waals surface area contributed by atoms with Gasteiger partial charge in [0, 0.05) is 18.6 Å². The third kappa shape index (κ3) is 2.70. The van der Waals surface area contributed by atoms with Crippen LogP contribution in [0.5, 0.6) is 0 Å². The molecule has 2 bridgehead atoms. The number of nitrogens with zero attached hydrogens (tertiary/aromatic N) is 2. The Morgan fingerprint density at radius 1 is 1.17 bits per heavy atom. The lowest BCUT2D eigenvalue weighted by Crippen LogP contribution is -2.49. The highest BCUT2D eigenvalue weighted by molar-refractivity contribution is 5.93. The van der Waals surface area contributed by atoms with Crippen molar-refractivity contribution < 1.29 is 14.3 Å². The molecule has 6 atom stereocenters. The van der Waals surface area contributed by atoms with E-state index in [1.165, 1.54) is 11.1 Å². The molecule has 3 saturated heterocycles. The fourth-order valence-electron chi connectivity index (χ4n) is 5.92. The van der Waals surface area contributed by atoms with Crippen molar-refractivity contribution in [1.82, 2.24) is 9.80 Å². The highest BCUT2D eigenvalue weighted by atomic mass is 16.5. The van der Waals surface area contributed by atoms with Crippen LogP contribution in [0.1, 0.15) is 43.4 Å². The molecule has 4 aliphatic heterocycles. The molecule has 1 aromatic carbocycles. The number of benzene rings is 1. The summed E-state index contributed by atoms with van der Waals surface area (Å²) in [6, 6.07) is 6.82. The number of carbonyl (C=O) groups is 2. The maximum atomic E-state index is 13.5. The van der Waals surface area contributed by atoms with Crippen molar-refractivity contribution in [2.45, 2.75) is 70.9 Å². The van der Waals surface area contributed by atoms with Gasteiger partial charge in [-0.3, -0.25) is 9.59 Å². The zero-order chi connectivity index (χ0) is 20.5. The van der Waals surface area contributed by atoms with Crippen molar-refractivity contribution in [2.75, 3.05) is 6.54 Å². The maximum Gasteiger partial charge on any atom is 0.230 e. The van der Waals surface area contributed by atoms with E-state index in [9.17, 15) is 9.59 Å². The van der Waals surface area contributed by atoms with Gasteiger partial charge in [0.15, 0.2) is 0 Å². The van der Waals surface area contributed by atoms with Crippen molar-refractivity contribution in [3.63, 3.8) is 0 Å². The Morgan fingerprint density at radius 2 is 1.90 bits per heavy atom. The average molecular weight is 395 g/mol. The average Bonchev–Trinajstić information content (AvgIpc) is 3.39. The summed E-state index contributed by atoms with van der Waals surface area (Å²) in [5, 5.41) is 0. The van der Waals surface area contributed by atoms with Gasteiger partial charge in [0.2, 0.25) is 11.8 Å². The molecule has 5 heteroatoms. The van der Waals surface area contributed by atoms with Gasteiger partial charge in [0.25, 0.3) is 0 Å². The molecule has 0 aliphatic carbocycles. The first-order valence-corrected chi connectivity index (χ1v) is 10.8. The van der Waals surface area contributed by atoms with Crippen molar-refractivity contribution in [3.05, 3.63) is 47.0 Å². The second-order valence-corrected chi connectivity index (χ2v) is 9.53. The molecule has 3 fully saturated rings. The Labute approximate surface area is 172 Å². The molecule has 1 spiro atoms. The topological polar surface area (TPSA) is 49.9 Å². The van der Waals surface area contributed by atoms with Crippen LogP contribution in [0, 0.1) is 25.7 Å². The van der Waals surface area contributed by atoms with E-state index in [0.29, 0.717) is 13.1 Å². The standard InChI is InChI=1S/C24H30N2O3/c1-14-5-8-18(11-15(14)2)12-25-13-24-10-9-19(29-24)20(21(24)23(25)28)22(27)26-16(3)6-7-17(26)4/h5,8-11,16-17,19-21H,6-7,12-13H2,1-4H3/t16-,17+,19-,20+,21-,24-/m0/s1. The summed E-state index contributed by atoms with van der Waals surface area (Å²) in [4.78, 5) is 30.9. The lowest BCUT2D eigenvalue weighted by atomic mass is 9.76. The molecule has 1 aromatic rings. The van der Waals surface area contributed by atoms with Crippen molar-refractivity contribution in [2.24, 2.45) is 11.8 Å². The zero-order valence-electron chi connectivity index (χ0n) is 17.7. The van der Waals surface area contributed by atoms with Crippen LogP contribution in [0.15, 0.2) is 30.4 Å². The molecule has 0 aromatic heterocycles. The molecule has 29 heavy (non-hydrogen) atoms. The summed E-state index contributed by atoms with van der Waals surface area (Å²) in [5.74, 6) is -0.616. The monoisotopic (exact) mass is 394 g/mol. The first-order valence-electron chi connectivity index (χ1n) is 10.8. The smallest absolute Gasteiger partial charge is 0.230 e. The van der Waals surface area contributed by atoms with E-state index in [0.717, 1.165) is 18.4 Å². The first-order chi connectivity index (χ1) is 13.8. The summed E-state index contributed by atoms with van der Waals surface area (Å²) < 4.78 is 6.31. The van der Waals surface area contributed by atoms with Gasteiger partial charge in [0.05, 0.1) is 24.5 Å².